The maximum Gasteiger partial charge on any atom is 0.573 e. The monoisotopic (exact) mass is 414 g/mol. The number of hydrogen-bond acceptors (Lipinski definition) is 6. The minimum atomic E-state index is -4.68. The Kier molecular flexibility index (Phi) is 6.53. The summed E-state index contributed by atoms with van der Waals surface area (Å²) in [6.45, 7) is 5.53. The van der Waals surface area contributed by atoms with Crippen LogP contribution in [0.25, 0.3) is 0 Å². The van der Waals surface area contributed by atoms with Gasteiger partial charge in [-0.1, -0.05) is 12.1 Å². The van der Waals surface area contributed by atoms with Crippen LogP contribution in [0.1, 0.15) is 12.5 Å². The van der Waals surface area contributed by atoms with Crippen molar-refractivity contribution in [2.45, 2.75) is 25.9 Å². The molecule has 3 rings (SSSR count). The molecule has 1 atom stereocenters. The minimum Gasteiger partial charge on any atom is -0.406 e. The molecule has 6 nitrogen and oxygen atoms in total. The van der Waals surface area contributed by atoms with Gasteiger partial charge in [-0.05, 0) is 24.6 Å². The number of anilines is 1. The quantitative estimate of drug-likeness (QED) is 0.787. The van der Waals surface area contributed by atoms with E-state index in [2.05, 4.69) is 24.8 Å². The van der Waals surface area contributed by atoms with Gasteiger partial charge in [0.25, 0.3) is 0 Å². The molecule has 1 aliphatic heterocycles. The normalized spacial score (nSPS) is 17.3. The highest BCUT2D eigenvalue weighted by Crippen LogP contribution is 2.23. The molecule has 152 valence electrons. The first-order valence-electron chi connectivity index (χ1n) is 8.81. The molecule has 2 heterocycles. The highest BCUT2D eigenvalue weighted by atomic mass is 32.1. The van der Waals surface area contributed by atoms with Gasteiger partial charge in [0, 0.05) is 44.3 Å². The van der Waals surface area contributed by atoms with Crippen LogP contribution < -0.4 is 10.1 Å². The maximum atomic E-state index is 12.3. The summed E-state index contributed by atoms with van der Waals surface area (Å²) >= 11 is 1.38. The third-order valence-corrected chi connectivity index (χ3v) is 5.25. The van der Waals surface area contributed by atoms with Crippen molar-refractivity contribution in [1.82, 2.24) is 14.8 Å². The Morgan fingerprint density at radius 1 is 1.25 bits per heavy atom. The van der Waals surface area contributed by atoms with Crippen LogP contribution in [-0.4, -0.2) is 59.3 Å². The van der Waals surface area contributed by atoms with Gasteiger partial charge in [0.2, 0.25) is 5.91 Å². The van der Waals surface area contributed by atoms with Gasteiger partial charge < -0.3 is 10.1 Å². The van der Waals surface area contributed by atoms with E-state index < -0.39 is 6.36 Å². The molecule has 1 unspecified atom stereocenters. The van der Waals surface area contributed by atoms with E-state index in [4.69, 9.17) is 0 Å². The van der Waals surface area contributed by atoms with Gasteiger partial charge in [-0.15, -0.1) is 24.5 Å². The van der Waals surface area contributed by atoms with Gasteiger partial charge in [0.1, 0.15) is 5.75 Å². The highest BCUT2D eigenvalue weighted by Gasteiger charge is 2.31. The smallest absolute Gasteiger partial charge is 0.406 e. The highest BCUT2D eigenvalue weighted by molar-refractivity contribution is 7.13. The van der Waals surface area contributed by atoms with E-state index in [9.17, 15) is 18.0 Å². The number of rotatable bonds is 6. The zero-order valence-electron chi connectivity index (χ0n) is 15.3. The lowest BCUT2D eigenvalue weighted by atomic mass is 10.1. The molecule has 28 heavy (non-hydrogen) atoms. The van der Waals surface area contributed by atoms with Crippen LogP contribution in [0, 0.1) is 0 Å². The third-order valence-electron chi connectivity index (χ3n) is 4.56. The van der Waals surface area contributed by atoms with Gasteiger partial charge >= 0.3 is 6.36 Å². The van der Waals surface area contributed by atoms with E-state index in [1.54, 1.807) is 23.7 Å². The van der Waals surface area contributed by atoms with E-state index in [0.29, 0.717) is 11.7 Å². The van der Waals surface area contributed by atoms with Crippen LogP contribution in [0.5, 0.6) is 5.75 Å². The number of benzene rings is 1. The van der Waals surface area contributed by atoms with Gasteiger partial charge in [-0.3, -0.25) is 14.6 Å². The van der Waals surface area contributed by atoms with Crippen LogP contribution in [0.15, 0.2) is 35.8 Å². The van der Waals surface area contributed by atoms with Gasteiger partial charge in [-0.25, -0.2) is 4.98 Å². The number of carbonyl (C=O) groups is 1. The lowest BCUT2D eigenvalue weighted by Gasteiger charge is -2.37. The Balaban J connectivity index is 1.45. The van der Waals surface area contributed by atoms with E-state index in [1.807, 2.05) is 6.92 Å². The number of hydrogen-bond donors (Lipinski definition) is 1. The Hall–Kier alpha value is -2.17. The Morgan fingerprint density at radius 2 is 1.93 bits per heavy atom. The second-order valence-electron chi connectivity index (χ2n) is 6.51. The molecule has 1 N–H and O–H groups in total. The van der Waals surface area contributed by atoms with Crippen molar-refractivity contribution in [3.8, 4) is 5.75 Å². The molecule has 1 saturated heterocycles. The standard InChI is InChI=1S/C18H21F3N4O2S/c1-13(16(26)23-17-22-6-11-28-17)25-9-7-24(8-10-25)12-14-2-4-15(5-3-14)27-18(19,20)21/h2-6,11,13H,7-10,12H2,1H3,(H,22,23,26). The summed E-state index contributed by atoms with van der Waals surface area (Å²) in [6.07, 6.45) is -3.04. The summed E-state index contributed by atoms with van der Waals surface area (Å²) in [4.78, 5) is 20.7. The Labute approximate surface area is 164 Å². The predicted octanol–water partition coefficient (Wildman–Crippen LogP) is 3.19. The fourth-order valence-electron chi connectivity index (χ4n) is 3.02. The number of halogens is 3. The van der Waals surface area contributed by atoms with Crippen LogP contribution in [0.3, 0.4) is 0 Å². The predicted molar refractivity (Wildman–Crippen MR) is 100 cm³/mol. The molecule has 0 aliphatic carbocycles. The first-order chi connectivity index (χ1) is 13.3. The first kappa shape index (κ1) is 20.6. The van der Waals surface area contributed by atoms with E-state index in [1.165, 1.54) is 23.5 Å². The fourth-order valence-corrected chi connectivity index (χ4v) is 3.56. The van der Waals surface area contributed by atoms with Crippen molar-refractivity contribution in [2.24, 2.45) is 0 Å². The van der Waals surface area contributed by atoms with Crippen molar-refractivity contribution in [3.05, 3.63) is 41.4 Å². The second kappa shape index (κ2) is 8.89. The summed E-state index contributed by atoms with van der Waals surface area (Å²) in [5.74, 6) is -0.301. The Morgan fingerprint density at radius 3 is 2.50 bits per heavy atom. The van der Waals surface area contributed by atoms with Crippen LogP contribution >= 0.6 is 11.3 Å². The minimum absolute atomic E-state index is 0.0800. The third kappa shape index (κ3) is 5.91. The number of piperazine rings is 1. The number of nitrogens with zero attached hydrogens (tertiary/aromatic N) is 3. The van der Waals surface area contributed by atoms with Crippen molar-refractivity contribution in [3.63, 3.8) is 0 Å². The van der Waals surface area contributed by atoms with E-state index in [-0.39, 0.29) is 17.7 Å². The first-order valence-corrected chi connectivity index (χ1v) is 9.69. The molecule has 10 heteroatoms. The molecule has 1 amide bonds. The lowest BCUT2D eigenvalue weighted by Crippen LogP contribution is -2.52. The summed E-state index contributed by atoms with van der Waals surface area (Å²) in [5.41, 5.74) is 0.914. The largest absolute Gasteiger partial charge is 0.573 e. The van der Waals surface area contributed by atoms with Crippen molar-refractivity contribution < 1.29 is 22.7 Å². The SMILES string of the molecule is CC(C(=O)Nc1nccs1)N1CCN(Cc2ccc(OC(F)(F)F)cc2)CC1. The number of thiazole rings is 1. The molecule has 0 bridgehead atoms. The average molecular weight is 414 g/mol. The number of aromatic nitrogens is 1. The van der Waals surface area contributed by atoms with Crippen LogP contribution in [-0.2, 0) is 11.3 Å². The zero-order valence-corrected chi connectivity index (χ0v) is 16.1. The molecular formula is C18H21F3N4O2S. The van der Waals surface area contributed by atoms with Crippen molar-refractivity contribution >= 4 is 22.4 Å². The summed E-state index contributed by atoms with van der Waals surface area (Å²) in [6, 6.07) is 5.66. The van der Waals surface area contributed by atoms with Gasteiger partial charge in [-0.2, -0.15) is 0 Å². The maximum absolute atomic E-state index is 12.3. The number of alkyl halides is 3. The molecule has 1 aromatic heterocycles. The fraction of sp³-hybridized carbons (Fsp3) is 0.444. The lowest BCUT2D eigenvalue weighted by molar-refractivity contribution is -0.274. The van der Waals surface area contributed by atoms with Gasteiger partial charge in [0.15, 0.2) is 5.13 Å². The summed E-state index contributed by atoms with van der Waals surface area (Å²) < 4.78 is 40.5. The average Bonchev–Trinajstić information content (AvgIpc) is 3.15. The van der Waals surface area contributed by atoms with Crippen molar-refractivity contribution in [2.75, 3.05) is 31.5 Å². The van der Waals surface area contributed by atoms with Crippen LogP contribution in [0.4, 0.5) is 18.3 Å². The summed E-state index contributed by atoms with van der Waals surface area (Å²) in [5, 5.41) is 5.21. The molecule has 1 aliphatic rings. The molecule has 0 saturated carbocycles. The molecule has 1 fully saturated rings. The van der Waals surface area contributed by atoms with Gasteiger partial charge in [0.05, 0.1) is 6.04 Å². The number of ether oxygens (including phenoxy) is 1. The second-order valence-corrected chi connectivity index (χ2v) is 7.40. The topological polar surface area (TPSA) is 57.7 Å². The van der Waals surface area contributed by atoms with E-state index in [0.717, 1.165) is 31.7 Å². The van der Waals surface area contributed by atoms with Crippen molar-refractivity contribution in [1.29, 1.82) is 0 Å². The molecular weight excluding hydrogens is 393 g/mol. The number of nitrogens with one attached hydrogen (secondary N) is 1. The number of carbonyl (C=O) groups excluding carboxylic acids is 1. The Bertz CT molecular complexity index is 760. The molecule has 2 aromatic rings. The molecule has 0 radical (unpaired) electrons. The van der Waals surface area contributed by atoms with E-state index >= 15 is 0 Å². The zero-order chi connectivity index (χ0) is 20.1. The number of amides is 1. The van der Waals surface area contributed by atoms with Crippen LogP contribution in [0.2, 0.25) is 0 Å². The molecule has 1 aromatic carbocycles. The summed E-state index contributed by atoms with van der Waals surface area (Å²) in [7, 11) is 0. The molecule has 0 spiro atoms.